The number of ether oxygens (including phenoxy) is 1. The number of aliphatic hydroxyl groups is 1. The van der Waals surface area contributed by atoms with Gasteiger partial charge in [-0.2, -0.15) is 4.57 Å². The van der Waals surface area contributed by atoms with Gasteiger partial charge < -0.3 is 15.2 Å². The summed E-state index contributed by atoms with van der Waals surface area (Å²) in [4.78, 5) is 0.304. The maximum atomic E-state index is 11.1. The van der Waals surface area contributed by atoms with E-state index in [0.29, 0.717) is 32.0 Å². The van der Waals surface area contributed by atoms with Crippen LogP contribution in [0.4, 0.5) is 5.69 Å². The molecule has 3 aromatic rings. The summed E-state index contributed by atoms with van der Waals surface area (Å²) in [7, 11) is 1.59. The van der Waals surface area contributed by atoms with Crippen LogP contribution < -0.4 is 14.6 Å². The van der Waals surface area contributed by atoms with Gasteiger partial charge in [-0.1, -0.05) is 47.6 Å². The fourth-order valence-electron chi connectivity index (χ4n) is 2.59. The van der Waals surface area contributed by atoms with Crippen molar-refractivity contribution in [3.8, 4) is 5.75 Å². The molecule has 0 unspecified atom stereocenters. The molecule has 7 heteroatoms. The molecule has 1 heterocycles. The average Bonchev–Trinajstić information content (AvgIpc) is 2.70. The van der Waals surface area contributed by atoms with E-state index in [0.717, 1.165) is 5.69 Å². The second-order valence-electron chi connectivity index (χ2n) is 5.79. The van der Waals surface area contributed by atoms with Gasteiger partial charge in [0.2, 0.25) is 5.76 Å². The lowest BCUT2D eigenvalue weighted by atomic mass is 10.1. The average molecular weight is 432 g/mol. The maximum Gasteiger partial charge on any atom is 0.288 e. The molecule has 2 aromatic carbocycles. The summed E-state index contributed by atoms with van der Waals surface area (Å²) in [5.41, 5.74) is 1.47. The van der Waals surface area contributed by atoms with Crippen molar-refractivity contribution in [2.24, 2.45) is 0 Å². The predicted octanol–water partition coefficient (Wildman–Crippen LogP) is 5.61. The number of aromatic nitrogens is 1. The number of hydrogen-bond acceptors (Lipinski definition) is 3. The molecular weight excluding hydrogens is 415 g/mol. The van der Waals surface area contributed by atoms with Gasteiger partial charge in [0.15, 0.2) is 17.4 Å². The second kappa shape index (κ2) is 9.06. The fraction of sp³-hybridized carbons (Fsp3) is 0.0476. The number of rotatable bonds is 5. The number of nitrogens with zero attached hydrogens (tertiary/aromatic N) is 1. The lowest BCUT2D eigenvalue weighted by molar-refractivity contribution is -0.575. The van der Waals surface area contributed by atoms with Gasteiger partial charge in [0.25, 0.3) is 5.70 Å². The van der Waals surface area contributed by atoms with Crippen LogP contribution in [0.15, 0.2) is 73.1 Å². The van der Waals surface area contributed by atoms with Gasteiger partial charge in [-0.05, 0) is 30.3 Å². The highest BCUT2D eigenvalue weighted by atomic mass is 35.5. The third-order valence-electron chi connectivity index (χ3n) is 3.92. The van der Waals surface area contributed by atoms with E-state index in [1.165, 1.54) is 0 Å². The highest BCUT2D eigenvalue weighted by Crippen LogP contribution is 2.28. The zero-order valence-electron chi connectivity index (χ0n) is 14.9. The molecule has 0 aliphatic rings. The molecular formula is C21H17Cl2N2O2S+. The summed E-state index contributed by atoms with van der Waals surface area (Å²) in [6.45, 7) is 0. The van der Waals surface area contributed by atoms with Crippen LogP contribution in [0.2, 0.25) is 10.0 Å². The largest absolute Gasteiger partial charge is 0.502 e. The van der Waals surface area contributed by atoms with Crippen LogP contribution in [-0.2, 0) is 0 Å². The Morgan fingerprint density at radius 3 is 2.50 bits per heavy atom. The summed E-state index contributed by atoms with van der Waals surface area (Å²) in [5, 5.41) is 15.0. The quantitative estimate of drug-likeness (QED) is 0.238. The Morgan fingerprint density at radius 1 is 1.04 bits per heavy atom. The smallest absolute Gasteiger partial charge is 0.288 e. The highest BCUT2D eigenvalue weighted by Gasteiger charge is 2.25. The van der Waals surface area contributed by atoms with Gasteiger partial charge in [-0.3, -0.25) is 0 Å². The minimum atomic E-state index is -0.0934. The SMILES string of the molecule is COc1cccc(NC(=S)/C(=C(\O)c2cc(Cl)ccc2Cl)[n+]2ccccc2)c1. The Morgan fingerprint density at radius 2 is 1.79 bits per heavy atom. The molecule has 4 nitrogen and oxygen atoms in total. The fourth-order valence-corrected chi connectivity index (χ4v) is 3.29. The molecule has 0 saturated carbocycles. The Labute approximate surface area is 178 Å². The third-order valence-corrected chi connectivity index (χ3v) is 4.78. The Kier molecular flexibility index (Phi) is 6.52. The zero-order valence-corrected chi connectivity index (χ0v) is 17.2. The van der Waals surface area contributed by atoms with Crippen LogP contribution in [0.1, 0.15) is 5.56 Å². The van der Waals surface area contributed by atoms with Crippen molar-refractivity contribution in [1.82, 2.24) is 0 Å². The van der Waals surface area contributed by atoms with Gasteiger partial charge >= 0.3 is 0 Å². The Bertz CT molecular complexity index is 1040. The number of pyridine rings is 1. The summed E-state index contributed by atoms with van der Waals surface area (Å²) in [6.07, 6.45) is 3.56. The first-order valence-electron chi connectivity index (χ1n) is 8.30. The summed E-state index contributed by atoms with van der Waals surface area (Å²) in [6, 6.07) is 17.8. The normalized spacial score (nSPS) is 11.5. The number of benzene rings is 2. The van der Waals surface area contributed by atoms with Gasteiger partial charge in [-0.25, -0.2) is 0 Å². The van der Waals surface area contributed by atoms with E-state index in [9.17, 15) is 5.11 Å². The molecule has 2 N–H and O–H groups in total. The number of nitrogens with one attached hydrogen (secondary N) is 1. The summed E-state index contributed by atoms with van der Waals surface area (Å²) < 4.78 is 6.96. The van der Waals surface area contributed by atoms with Crippen molar-refractivity contribution in [2.45, 2.75) is 0 Å². The predicted molar refractivity (Wildman–Crippen MR) is 118 cm³/mol. The first-order chi connectivity index (χ1) is 13.5. The molecule has 0 spiro atoms. The van der Waals surface area contributed by atoms with Gasteiger partial charge in [-0.15, -0.1) is 0 Å². The molecule has 28 heavy (non-hydrogen) atoms. The van der Waals surface area contributed by atoms with Gasteiger partial charge in [0, 0.05) is 34.5 Å². The van der Waals surface area contributed by atoms with Gasteiger partial charge in [0.1, 0.15) is 5.75 Å². The molecule has 142 valence electrons. The molecule has 0 radical (unpaired) electrons. The summed E-state index contributed by atoms with van der Waals surface area (Å²) in [5.74, 6) is 0.594. The zero-order chi connectivity index (χ0) is 20.1. The van der Waals surface area contributed by atoms with Crippen molar-refractivity contribution < 1.29 is 14.4 Å². The van der Waals surface area contributed by atoms with Crippen LogP contribution in [-0.4, -0.2) is 17.2 Å². The highest BCUT2D eigenvalue weighted by molar-refractivity contribution is 7.81. The van der Waals surface area contributed by atoms with E-state index in [1.54, 1.807) is 42.3 Å². The molecule has 3 rings (SSSR count). The third kappa shape index (κ3) is 4.62. The molecule has 0 atom stereocenters. The van der Waals surface area contributed by atoms with Crippen LogP contribution in [0.25, 0.3) is 11.5 Å². The van der Waals surface area contributed by atoms with Crippen molar-refractivity contribution in [3.63, 3.8) is 0 Å². The molecule has 0 aliphatic heterocycles. The standard InChI is InChI=1S/C21H16Cl2N2O2S/c1-27-16-7-5-6-15(13-16)24-21(28)19(25-10-3-2-4-11-25)20(26)17-12-14(22)8-9-18(17)23/h2-13H,1H3,(H-,24,26,28)/p+1. The topological polar surface area (TPSA) is 45.4 Å². The monoisotopic (exact) mass is 431 g/mol. The number of halogens is 2. The van der Waals surface area contributed by atoms with E-state index in [1.807, 2.05) is 42.5 Å². The molecule has 0 bridgehead atoms. The van der Waals surface area contributed by atoms with Crippen molar-refractivity contribution in [3.05, 3.63) is 88.7 Å². The van der Waals surface area contributed by atoms with E-state index in [4.69, 9.17) is 40.2 Å². The van der Waals surface area contributed by atoms with E-state index in [2.05, 4.69) is 5.32 Å². The minimum Gasteiger partial charge on any atom is -0.502 e. The molecule has 0 saturated heterocycles. The number of hydrogen-bond donors (Lipinski definition) is 2. The minimum absolute atomic E-state index is 0.0934. The van der Waals surface area contributed by atoms with E-state index < -0.39 is 0 Å². The van der Waals surface area contributed by atoms with Crippen LogP contribution in [0.5, 0.6) is 5.75 Å². The van der Waals surface area contributed by atoms with E-state index >= 15 is 0 Å². The number of thiocarbonyl (C=S) groups is 1. The van der Waals surface area contributed by atoms with Crippen molar-refractivity contribution >= 4 is 57.6 Å². The number of anilines is 1. The first kappa shape index (κ1) is 20.1. The molecule has 1 aromatic heterocycles. The molecule has 0 amide bonds. The van der Waals surface area contributed by atoms with Crippen LogP contribution >= 0.6 is 35.4 Å². The van der Waals surface area contributed by atoms with Crippen LogP contribution in [0.3, 0.4) is 0 Å². The van der Waals surface area contributed by atoms with Crippen LogP contribution in [0, 0.1) is 0 Å². The van der Waals surface area contributed by atoms with Crippen molar-refractivity contribution in [1.29, 1.82) is 0 Å². The second-order valence-corrected chi connectivity index (χ2v) is 7.04. The number of aliphatic hydroxyl groups excluding tert-OH is 1. The lowest BCUT2D eigenvalue weighted by Crippen LogP contribution is -2.38. The Balaban J connectivity index is 2.09. The Hall–Kier alpha value is -2.60. The molecule has 0 fully saturated rings. The first-order valence-corrected chi connectivity index (χ1v) is 9.46. The lowest BCUT2D eigenvalue weighted by Gasteiger charge is -2.11. The van der Waals surface area contributed by atoms with E-state index in [-0.39, 0.29) is 5.76 Å². The summed E-state index contributed by atoms with van der Waals surface area (Å²) >= 11 is 18.0. The van der Waals surface area contributed by atoms with Gasteiger partial charge in [0.05, 0.1) is 12.1 Å². The maximum absolute atomic E-state index is 11.1. The van der Waals surface area contributed by atoms with Crippen molar-refractivity contribution in [2.75, 3.05) is 12.4 Å². The number of methoxy groups -OCH3 is 1. The molecule has 0 aliphatic carbocycles.